The lowest BCUT2D eigenvalue weighted by Gasteiger charge is -2.40. The Bertz CT molecular complexity index is 664. The summed E-state index contributed by atoms with van der Waals surface area (Å²) in [5, 5.41) is 0. The fourth-order valence-corrected chi connectivity index (χ4v) is 4.94. The smallest absolute Gasteiger partial charge is 0.339 e. The minimum absolute atomic E-state index is 0.0786. The Balaban J connectivity index is 1.76. The second kappa shape index (κ2) is 7.32. The van der Waals surface area contributed by atoms with Crippen LogP contribution >= 0.6 is 0 Å². The average Bonchev–Trinajstić information content (AvgIpc) is 2.93. The first-order chi connectivity index (χ1) is 11.9. The number of H-pyrrole nitrogens is 1. The highest BCUT2D eigenvalue weighted by Crippen LogP contribution is 2.32. The van der Waals surface area contributed by atoms with Gasteiger partial charge < -0.3 is 14.6 Å². The van der Waals surface area contributed by atoms with Crippen molar-refractivity contribution in [3.8, 4) is 0 Å². The van der Waals surface area contributed by atoms with Crippen molar-refractivity contribution in [1.82, 2.24) is 4.98 Å². The van der Waals surface area contributed by atoms with Crippen LogP contribution < -0.4 is 4.90 Å². The highest BCUT2D eigenvalue weighted by molar-refractivity contribution is 6.03. The predicted octanol–water partition coefficient (Wildman–Crippen LogP) is 2.08. The van der Waals surface area contributed by atoms with Crippen molar-refractivity contribution in [1.29, 1.82) is 0 Å². The number of nitrogens with one attached hydrogen (secondary N) is 2. The predicted molar refractivity (Wildman–Crippen MR) is 96.2 cm³/mol. The number of esters is 1. The van der Waals surface area contributed by atoms with Gasteiger partial charge in [0.25, 0.3) is 0 Å². The maximum absolute atomic E-state index is 13.1. The van der Waals surface area contributed by atoms with Crippen LogP contribution in [0.3, 0.4) is 0 Å². The summed E-state index contributed by atoms with van der Waals surface area (Å²) in [5.41, 5.74) is 2.50. The van der Waals surface area contributed by atoms with Crippen molar-refractivity contribution >= 4 is 11.8 Å². The van der Waals surface area contributed by atoms with Gasteiger partial charge in [-0.15, -0.1) is 0 Å². The van der Waals surface area contributed by atoms with Crippen LogP contribution in [0.2, 0.25) is 0 Å². The van der Waals surface area contributed by atoms with Crippen LogP contribution in [0, 0.1) is 25.7 Å². The molecule has 1 aliphatic carbocycles. The zero-order valence-electron chi connectivity index (χ0n) is 15.9. The first-order valence-electron chi connectivity index (χ1n) is 9.60. The zero-order chi connectivity index (χ0) is 18.1. The van der Waals surface area contributed by atoms with Crippen LogP contribution in [0.25, 0.3) is 0 Å². The molecule has 2 fully saturated rings. The molecule has 138 valence electrons. The number of aromatic nitrogens is 1. The number of carbonyl (C=O) groups is 2. The van der Waals surface area contributed by atoms with Crippen LogP contribution in [-0.2, 0) is 4.74 Å². The minimum atomic E-state index is -0.381. The van der Waals surface area contributed by atoms with E-state index in [4.69, 9.17) is 4.74 Å². The number of rotatable bonds is 4. The quantitative estimate of drug-likeness (QED) is 0.647. The third kappa shape index (κ3) is 3.39. The van der Waals surface area contributed by atoms with E-state index in [1.165, 1.54) is 44.1 Å². The van der Waals surface area contributed by atoms with Gasteiger partial charge in [0.05, 0.1) is 31.5 Å². The number of ketones is 1. The molecule has 1 aliphatic heterocycles. The second-order valence-corrected chi connectivity index (χ2v) is 7.91. The molecule has 1 aromatic rings. The van der Waals surface area contributed by atoms with E-state index in [1.807, 2.05) is 20.8 Å². The summed E-state index contributed by atoms with van der Waals surface area (Å²) in [5.74, 6) is 1.39. The Morgan fingerprint density at radius 1 is 1.16 bits per heavy atom. The van der Waals surface area contributed by atoms with Crippen LogP contribution in [0.15, 0.2) is 0 Å². The topological polar surface area (TPSA) is 63.6 Å². The van der Waals surface area contributed by atoms with Crippen LogP contribution in [0.5, 0.6) is 0 Å². The monoisotopic (exact) mass is 347 g/mol. The molecule has 0 amide bonds. The number of likely N-dealkylation sites (tertiary alicyclic amines) is 1. The standard InChI is InChI=1S/C20H30N2O3/c1-12-17(20(24)25-4)13(2)21-18(12)19(23)14(3)22-10-9-15-7-5-6-8-16(15)11-22/h14-16,21H,5-11H2,1-4H3/p+1/t14-,15-,16+/m0/s1. The van der Waals surface area contributed by atoms with Gasteiger partial charge in [-0.05, 0) is 51.5 Å². The summed E-state index contributed by atoms with van der Waals surface area (Å²) in [6.07, 6.45) is 6.66. The SMILES string of the molecule is COC(=O)c1c(C)[nH]c(C(=O)[C@H](C)[NH+]2CC[C@@H]3CCCC[C@@H]3C2)c1C. The van der Waals surface area contributed by atoms with E-state index in [1.54, 1.807) is 0 Å². The van der Waals surface area contributed by atoms with Gasteiger partial charge in [0.2, 0.25) is 5.78 Å². The average molecular weight is 347 g/mol. The normalized spacial score (nSPS) is 27.4. The fourth-order valence-electron chi connectivity index (χ4n) is 4.94. The number of hydrogen-bond donors (Lipinski definition) is 2. The van der Waals surface area contributed by atoms with Gasteiger partial charge >= 0.3 is 5.97 Å². The summed E-state index contributed by atoms with van der Waals surface area (Å²) in [6.45, 7) is 7.88. The number of methoxy groups -OCH3 is 1. The third-order valence-corrected chi connectivity index (χ3v) is 6.51. The third-order valence-electron chi connectivity index (χ3n) is 6.51. The minimum Gasteiger partial charge on any atom is -0.465 e. The molecular weight excluding hydrogens is 316 g/mol. The highest BCUT2D eigenvalue weighted by atomic mass is 16.5. The van der Waals surface area contributed by atoms with Crippen LogP contribution in [0.1, 0.15) is 71.1 Å². The largest absolute Gasteiger partial charge is 0.465 e. The molecule has 25 heavy (non-hydrogen) atoms. The molecule has 5 heteroatoms. The maximum atomic E-state index is 13.1. The second-order valence-electron chi connectivity index (χ2n) is 7.91. The lowest BCUT2D eigenvalue weighted by atomic mass is 9.75. The van der Waals surface area contributed by atoms with E-state index in [0.29, 0.717) is 22.5 Å². The molecule has 4 atom stereocenters. The van der Waals surface area contributed by atoms with Gasteiger partial charge in [0.15, 0.2) is 0 Å². The lowest BCUT2D eigenvalue weighted by Crippen LogP contribution is -3.18. The number of aryl methyl sites for hydroxylation is 1. The lowest BCUT2D eigenvalue weighted by molar-refractivity contribution is -0.923. The van der Waals surface area contributed by atoms with Crippen molar-refractivity contribution < 1.29 is 19.2 Å². The Morgan fingerprint density at radius 3 is 2.52 bits per heavy atom. The number of ether oxygens (including phenoxy) is 1. The Hall–Kier alpha value is -1.62. The van der Waals surface area contributed by atoms with Gasteiger partial charge in [-0.3, -0.25) is 4.79 Å². The van der Waals surface area contributed by atoms with Crippen LogP contribution in [-0.4, -0.2) is 43.0 Å². The molecule has 3 rings (SSSR count). The van der Waals surface area contributed by atoms with E-state index >= 15 is 0 Å². The highest BCUT2D eigenvalue weighted by Gasteiger charge is 2.38. The maximum Gasteiger partial charge on any atom is 0.339 e. The summed E-state index contributed by atoms with van der Waals surface area (Å²) < 4.78 is 4.85. The molecule has 0 aromatic carbocycles. The molecule has 1 unspecified atom stereocenters. The Morgan fingerprint density at radius 2 is 1.84 bits per heavy atom. The molecular formula is C20H31N2O3+. The van der Waals surface area contributed by atoms with E-state index < -0.39 is 0 Å². The van der Waals surface area contributed by atoms with Gasteiger partial charge in [-0.25, -0.2) is 4.79 Å². The molecule has 0 bridgehead atoms. The number of hydrogen-bond acceptors (Lipinski definition) is 3. The first-order valence-corrected chi connectivity index (χ1v) is 9.60. The Labute approximate surface area is 150 Å². The van der Waals surface area contributed by atoms with Gasteiger partial charge in [0, 0.05) is 11.6 Å². The first kappa shape index (κ1) is 18.2. The summed E-state index contributed by atoms with van der Waals surface area (Å²) in [7, 11) is 1.37. The number of quaternary nitrogens is 1. The molecule has 5 nitrogen and oxygen atoms in total. The summed E-state index contributed by atoms with van der Waals surface area (Å²) >= 11 is 0. The molecule has 0 spiro atoms. The summed E-state index contributed by atoms with van der Waals surface area (Å²) in [6, 6.07) is -0.0786. The van der Waals surface area contributed by atoms with Gasteiger partial charge in [-0.2, -0.15) is 0 Å². The molecule has 1 saturated carbocycles. The van der Waals surface area contributed by atoms with Crippen molar-refractivity contribution in [2.45, 2.75) is 58.9 Å². The van der Waals surface area contributed by atoms with E-state index in [9.17, 15) is 9.59 Å². The van der Waals surface area contributed by atoms with Gasteiger partial charge in [-0.1, -0.05) is 12.8 Å². The van der Waals surface area contributed by atoms with Crippen LogP contribution in [0.4, 0.5) is 0 Å². The van der Waals surface area contributed by atoms with Crippen molar-refractivity contribution in [2.24, 2.45) is 11.8 Å². The molecule has 2 N–H and O–H groups in total. The molecule has 2 aliphatic rings. The number of fused-ring (bicyclic) bond motifs is 1. The summed E-state index contributed by atoms with van der Waals surface area (Å²) in [4.78, 5) is 29.6. The number of carbonyl (C=O) groups excluding carboxylic acids is 2. The molecule has 0 radical (unpaired) electrons. The molecule has 1 saturated heterocycles. The number of Topliss-reactive ketones (excluding diaryl/α,β-unsaturated/α-hetero) is 1. The van der Waals surface area contributed by atoms with E-state index in [0.717, 1.165) is 24.9 Å². The number of piperidine rings is 1. The zero-order valence-corrected chi connectivity index (χ0v) is 15.9. The fraction of sp³-hybridized carbons (Fsp3) is 0.700. The van der Waals surface area contributed by atoms with Crippen molar-refractivity contribution in [2.75, 3.05) is 20.2 Å². The van der Waals surface area contributed by atoms with Gasteiger partial charge in [0.1, 0.15) is 6.04 Å². The molecule has 1 aromatic heterocycles. The van der Waals surface area contributed by atoms with Crippen molar-refractivity contribution in [3.63, 3.8) is 0 Å². The number of aromatic amines is 1. The van der Waals surface area contributed by atoms with Crippen molar-refractivity contribution in [3.05, 3.63) is 22.5 Å². The van der Waals surface area contributed by atoms with E-state index in [-0.39, 0.29) is 17.8 Å². The van der Waals surface area contributed by atoms with E-state index in [2.05, 4.69) is 4.98 Å². The molecule has 2 heterocycles. The Kier molecular flexibility index (Phi) is 5.32.